The Bertz CT molecular complexity index is 1310. The van der Waals surface area contributed by atoms with Crippen molar-refractivity contribution in [1.82, 2.24) is 9.97 Å². The number of carbonyl (C=O) groups excluding carboxylic acids is 2. The fraction of sp³-hybridized carbons (Fsp3) is 0.182. The van der Waals surface area contributed by atoms with Crippen molar-refractivity contribution < 1.29 is 9.59 Å². The lowest BCUT2D eigenvalue weighted by Gasteiger charge is -2.07. The number of nitrogens with one attached hydrogen (secondary N) is 1. The normalized spacial score (nSPS) is 11.1. The van der Waals surface area contributed by atoms with Crippen molar-refractivity contribution >= 4 is 49.7 Å². The summed E-state index contributed by atoms with van der Waals surface area (Å²) in [5.74, 6) is -0.180. The number of fused-ring (bicyclic) bond motifs is 1. The van der Waals surface area contributed by atoms with Crippen LogP contribution < -0.4 is 11.1 Å². The molecule has 0 saturated heterocycles. The number of rotatable bonds is 4. The number of benzene rings is 1. The van der Waals surface area contributed by atoms with Gasteiger partial charge in [-0.15, -0.1) is 22.7 Å². The average Bonchev–Trinajstić information content (AvgIpc) is 3.19. The van der Waals surface area contributed by atoms with E-state index in [1.165, 1.54) is 22.7 Å². The third-order valence-corrected chi connectivity index (χ3v) is 7.11. The van der Waals surface area contributed by atoms with Gasteiger partial charge in [-0.1, -0.05) is 30.3 Å². The minimum Gasteiger partial charge on any atom is -0.365 e. The molecular weight excluding hydrogens is 416 g/mol. The molecular formula is C22H20N4O2S2. The van der Waals surface area contributed by atoms with Gasteiger partial charge in [0.25, 0.3) is 11.8 Å². The van der Waals surface area contributed by atoms with E-state index in [-0.39, 0.29) is 5.91 Å². The number of hydrogen-bond acceptors (Lipinski definition) is 6. The number of nitrogens with zero attached hydrogens (tertiary/aromatic N) is 2. The number of primary amides is 1. The molecule has 4 rings (SSSR count). The van der Waals surface area contributed by atoms with Crippen LogP contribution in [-0.2, 0) is 0 Å². The van der Waals surface area contributed by atoms with E-state index in [4.69, 9.17) is 5.73 Å². The Labute approximate surface area is 181 Å². The van der Waals surface area contributed by atoms with Gasteiger partial charge in [0.05, 0.1) is 10.4 Å². The highest BCUT2D eigenvalue weighted by atomic mass is 32.1. The van der Waals surface area contributed by atoms with Gasteiger partial charge >= 0.3 is 0 Å². The van der Waals surface area contributed by atoms with Crippen molar-refractivity contribution in [3.63, 3.8) is 0 Å². The molecule has 2 amide bonds. The molecule has 0 fully saturated rings. The van der Waals surface area contributed by atoms with Crippen molar-refractivity contribution in [2.75, 3.05) is 5.32 Å². The van der Waals surface area contributed by atoms with Gasteiger partial charge in [-0.3, -0.25) is 9.59 Å². The largest absolute Gasteiger partial charge is 0.365 e. The Morgan fingerprint density at radius 3 is 2.37 bits per heavy atom. The molecule has 0 atom stereocenters. The summed E-state index contributed by atoms with van der Waals surface area (Å²) < 4.78 is 0. The molecule has 6 nitrogen and oxygen atoms in total. The molecule has 0 unspecified atom stereocenters. The molecule has 30 heavy (non-hydrogen) atoms. The van der Waals surface area contributed by atoms with E-state index < -0.39 is 5.91 Å². The zero-order chi connectivity index (χ0) is 21.6. The lowest BCUT2D eigenvalue weighted by Crippen LogP contribution is -2.17. The van der Waals surface area contributed by atoms with Crippen LogP contribution in [0.25, 0.3) is 21.3 Å². The van der Waals surface area contributed by atoms with E-state index in [0.717, 1.165) is 37.5 Å². The monoisotopic (exact) mass is 436 g/mol. The smallest absolute Gasteiger partial charge is 0.266 e. The van der Waals surface area contributed by atoms with E-state index in [1.807, 2.05) is 58.0 Å². The quantitative estimate of drug-likeness (QED) is 0.470. The van der Waals surface area contributed by atoms with Gasteiger partial charge in [0.1, 0.15) is 15.7 Å². The number of carbonyl (C=O) groups is 2. The number of anilines is 1. The third-order valence-electron chi connectivity index (χ3n) is 4.91. The summed E-state index contributed by atoms with van der Waals surface area (Å²) in [6, 6.07) is 9.57. The van der Waals surface area contributed by atoms with Crippen LogP contribution in [-0.4, -0.2) is 21.8 Å². The van der Waals surface area contributed by atoms with Crippen LogP contribution >= 0.6 is 22.7 Å². The van der Waals surface area contributed by atoms with Gasteiger partial charge in [0.15, 0.2) is 0 Å². The Kier molecular flexibility index (Phi) is 5.13. The first-order chi connectivity index (χ1) is 14.3. The third kappa shape index (κ3) is 3.38. The van der Waals surface area contributed by atoms with Crippen molar-refractivity contribution in [3.05, 3.63) is 62.7 Å². The second-order valence-electron chi connectivity index (χ2n) is 7.01. The lowest BCUT2D eigenvalue weighted by molar-refractivity contribution is 0.100. The second kappa shape index (κ2) is 7.62. The van der Waals surface area contributed by atoms with Crippen LogP contribution in [0, 0.1) is 27.7 Å². The minimum atomic E-state index is -0.570. The Morgan fingerprint density at radius 2 is 1.70 bits per heavy atom. The molecule has 3 aromatic heterocycles. The molecule has 0 radical (unpaired) electrons. The van der Waals surface area contributed by atoms with Crippen LogP contribution in [0.5, 0.6) is 0 Å². The fourth-order valence-electron chi connectivity index (χ4n) is 3.67. The van der Waals surface area contributed by atoms with E-state index in [1.54, 1.807) is 0 Å². The van der Waals surface area contributed by atoms with Gasteiger partial charge in [-0.05, 0) is 38.8 Å². The number of aromatic nitrogens is 2. The summed E-state index contributed by atoms with van der Waals surface area (Å²) in [7, 11) is 0. The first-order valence-corrected chi connectivity index (χ1v) is 11.0. The summed E-state index contributed by atoms with van der Waals surface area (Å²) in [5.41, 5.74) is 9.38. The molecule has 0 bridgehead atoms. The minimum absolute atomic E-state index is 0.282. The highest BCUT2D eigenvalue weighted by Crippen LogP contribution is 2.40. The zero-order valence-electron chi connectivity index (χ0n) is 17.0. The number of amides is 2. The molecule has 0 aliphatic heterocycles. The van der Waals surface area contributed by atoms with Crippen LogP contribution in [0.3, 0.4) is 0 Å². The predicted molar refractivity (Wildman–Crippen MR) is 123 cm³/mol. The molecule has 3 heterocycles. The maximum absolute atomic E-state index is 13.1. The fourth-order valence-corrected chi connectivity index (χ4v) is 5.92. The predicted octanol–water partition coefficient (Wildman–Crippen LogP) is 5.00. The van der Waals surface area contributed by atoms with Crippen LogP contribution in [0.1, 0.15) is 42.0 Å². The first kappa shape index (κ1) is 20.2. The van der Waals surface area contributed by atoms with Gasteiger partial charge in [-0.25, -0.2) is 9.97 Å². The molecule has 8 heteroatoms. The van der Waals surface area contributed by atoms with E-state index >= 15 is 0 Å². The Morgan fingerprint density at radius 1 is 1.00 bits per heavy atom. The maximum atomic E-state index is 13.1. The highest BCUT2D eigenvalue weighted by Gasteiger charge is 2.25. The van der Waals surface area contributed by atoms with E-state index in [2.05, 4.69) is 15.3 Å². The standard InChI is InChI=1S/C22H20N4O2S2/c1-10-15-11(2)24-13(4)25-21(15)30-18(10)20(28)26-22-17(19(23)27)16(12(3)29-22)14-8-6-5-7-9-14/h5-9H,1-4H3,(H2,23,27)(H,26,28). The van der Waals surface area contributed by atoms with E-state index in [0.29, 0.717) is 21.3 Å². The van der Waals surface area contributed by atoms with Crippen molar-refractivity contribution in [1.29, 1.82) is 0 Å². The molecule has 152 valence electrons. The van der Waals surface area contributed by atoms with Crippen molar-refractivity contribution in [2.45, 2.75) is 27.7 Å². The maximum Gasteiger partial charge on any atom is 0.266 e. The number of hydrogen-bond donors (Lipinski definition) is 2. The topological polar surface area (TPSA) is 98.0 Å². The summed E-state index contributed by atoms with van der Waals surface area (Å²) in [4.78, 5) is 36.6. The molecule has 0 spiro atoms. The van der Waals surface area contributed by atoms with Gasteiger partial charge in [0.2, 0.25) is 0 Å². The highest BCUT2D eigenvalue weighted by molar-refractivity contribution is 7.21. The molecule has 4 aromatic rings. The number of aryl methyl sites for hydroxylation is 4. The summed E-state index contributed by atoms with van der Waals surface area (Å²) in [6.07, 6.45) is 0. The summed E-state index contributed by atoms with van der Waals surface area (Å²) >= 11 is 2.68. The van der Waals surface area contributed by atoms with E-state index in [9.17, 15) is 9.59 Å². The SMILES string of the molecule is Cc1nc(C)c2c(C)c(C(=O)Nc3sc(C)c(-c4ccccc4)c3C(N)=O)sc2n1. The molecule has 0 aliphatic carbocycles. The van der Waals surface area contributed by atoms with Gasteiger partial charge in [0, 0.05) is 21.5 Å². The average molecular weight is 437 g/mol. The van der Waals surface area contributed by atoms with Crippen LogP contribution in [0.4, 0.5) is 5.00 Å². The van der Waals surface area contributed by atoms with Crippen molar-refractivity contribution in [3.8, 4) is 11.1 Å². The lowest BCUT2D eigenvalue weighted by atomic mass is 10.0. The number of thiophene rings is 2. The summed E-state index contributed by atoms with van der Waals surface area (Å²) in [6.45, 7) is 7.56. The number of nitrogens with two attached hydrogens (primary N) is 1. The Balaban J connectivity index is 1.78. The molecule has 0 aliphatic rings. The molecule has 3 N–H and O–H groups in total. The summed E-state index contributed by atoms with van der Waals surface area (Å²) in [5, 5.41) is 4.28. The Hall–Kier alpha value is -3.10. The van der Waals surface area contributed by atoms with Gasteiger partial charge in [-0.2, -0.15) is 0 Å². The van der Waals surface area contributed by atoms with Crippen LogP contribution in [0.2, 0.25) is 0 Å². The molecule has 0 saturated carbocycles. The first-order valence-electron chi connectivity index (χ1n) is 9.32. The van der Waals surface area contributed by atoms with Gasteiger partial charge < -0.3 is 11.1 Å². The molecule has 1 aromatic carbocycles. The van der Waals surface area contributed by atoms with Crippen molar-refractivity contribution in [2.24, 2.45) is 5.73 Å². The second-order valence-corrected chi connectivity index (χ2v) is 9.24. The van der Waals surface area contributed by atoms with Crippen LogP contribution in [0.15, 0.2) is 30.3 Å². The zero-order valence-corrected chi connectivity index (χ0v) is 18.6.